The molecule has 0 N–H and O–H groups in total. The lowest BCUT2D eigenvalue weighted by atomic mass is 10.1. The number of ether oxygens (including phenoxy) is 1. The number of hydrogen-bond donors (Lipinski definition) is 1. The van der Waals surface area contributed by atoms with Gasteiger partial charge in [-0.1, -0.05) is 12.1 Å². The number of thiol groups is 1. The molecule has 3 rings (SSSR count). The van der Waals surface area contributed by atoms with Crippen LogP contribution in [0, 0.1) is 20.8 Å². The highest BCUT2D eigenvalue weighted by molar-refractivity contribution is 7.80. The molecule has 0 saturated heterocycles. The van der Waals surface area contributed by atoms with Crippen LogP contribution in [0.25, 0.3) is 5.69 Å². The number of methoxy groups -OCH3 is 1. The zero-order valence-corrected chi connectivity index (χ0v) is 16.7. The zero-order valence-electron chi connectivity index (χ0n) is 15.9. The molecule has 0 aliphatic heterocycles. The van der Waals surface area contributed by atoms with Gasteiger partial charge in [0.15, 0.2) is 0 Å². The second-order valence-corrected chi connectivity index (χ2v) is 6.88. The van der Waals surface area contributed by atoms with Gasteiger partial charge in [0.1, 0.15) is 0 Å². The van der Waals surface area contributed by atoms with Crippen molar-refractivity contribution in [2.45, 2.75) is 25.7 Å². The number of hydrogen-bond acceptors (Lipinski definition) is 4. The van der Waals surface area contributed by atoms with E-state index in [1.54, 1.807) is 6.07 Å². The van der Waals surface area contributed by atoms with E-state index in [0.717, 1.165) is 38.8 Å². The second kappa shape index (κ2) is 7.84. The van der Waals surface area contributed by atoms with Gasteiger partial charge in [-0.2, -0.15) is 0 Å². The van der Waals surface area contributed by atoms with E-state index in [4.69, 9.17) is 4.74 Å². The third-order valence-electron chi connectivity index (χ3n) is 4.55. The Morgan fingerprint density at radius 2 is 1.85 bits per heavy atom. The number of nitrogens with zero attached hydrogens (tertiary/aromatic N) is 2. The minimum absolute atomic E-state index is 0.330. The molecule has 0 unspecified atom stereocenters. The van der Waals surface area contributed by atoms with Gasteiger partial charge in [-0.25, -0.2) is 4.79 Å². The topological polar surface area (TPSA) is 43.6 Å². The van der Waals surface area contributed by atoms with E-state index in [1.165, 1.54) is 7.11 Å². The molecular formula is C22H22N2O2S. The fraction of sp³-hybridized carbons (Fsp3) is 0.182. The molecule has 0 bridgehead atoms. The molecule has 0 aliphatic carbocycles. The Balaban J connectivity index is 1.99. The largest absolute Gasteiger partial charge is 0.465 e. The number of carbonyl (C=O) groups excluding carboxylic acids is 1. The smallest absolute Gasteiger partial charge is 0.337 e. The highest BCUT2D eigenvalue weighted by Gasteiger charge is 2.13. The van der Waals surface area contributed by atoms with Crippen LogP contribution in [0.1, 0.15) is 32.9 Å². The van der Waals surface area contributed by atoms with Crippen molar-refractivity contribution >= 4 is 30.5 Å². The average Bonchev–Trinajstić information content (AvgIpc) is 2.94. The first-order valence-electron chi connectivity index (χ1n) is 8.62. The van der Waals surface area contributed by atoms with E-state index in [-0.39, 0.29) is 5.97 Å². The van der Waals surface area contributed by atoms with Crippen molar-refractivity contribution < 1.29 is 9.53 Å². The number of aromatic nitrogens is 1. The third kappa shape index (κ3) is 3.83. The fourth-order valence-corrected chi connectivity index (χ4v) is 3.37. The summed E-state index contributed by atoms with van der Waals surface area (Å²) in [7, 11) is 1.39. The van der Waals surface area contributed by atoms with Crippen molar-refractivity contribution in [3.05, 3.63) is 76.6 Å². The quantitative estimate of drug-likeness (QED) is 0.384. The Morgan fingerprint density at radius 3 is 2.52 bits per heavy atom. The summed E-state index contributed by atoms with van der Waals surface area (Å²) < 4.78 is 6.97. The van der Waals surface area contributed by atoms with E-state index in [2.05, 4.69) is 42.1 Å². The Labute approximate surface area is 164 Å². The van der Waals surface area contributed by atoms with Crippen LogP contribution < -0.4 is 0 Å². The van der Waals surface area contributed by atoms with Crippen LogP contribution in [-0.2, 0) is 4.74 Å². The summed E-state index contributed by atoms with van der Waals surface area (Å²) in [5, 5.41) is 0. The molecule has 1 aromatic heterocycles. The van der Waals surface area contributed by atoms with Gasteiger partial charge >= 0.3 is 5.97 Å². The number of carbonyl (C=O) groups is 1. The number of benzene rings is 2. The average molecular weight is 378 g/mol. The normalized spacial score (nSPS) is 11.1. The first kappa shape index (κ1) is 19.0. The van der Waals surface area contributed by atoms with Crippen LogP contribution in [0.2, 0.25) is 0 Å². The predicted octanol–water partition coefficient (Wildman–Crippen LogP) is 5.23. The summed E-state index contributed by atoms with van der Waals surface area (Å²) in [6, 6.07) is 15.4. The molecule has 0 radical (unpaired) electrons. The van der Waals surface area contributed by atoms with E-state index in [1.807, 2.05) is 49.5 Å². The van der Waals surface area contributed by atoms with Gasteiger partial charge in [-0.15, -0.1) is 12.6 Å². The van der Waals surface area contributed by atoms with Crippen molar-refractivity contribution in [2.24, 2.45) is 4.99 Å². The minimum atomic E-state index is -0.330. The van der Waals surface area contributed by atoms with Crippen molar-refractivity contribution in [1.82, 2.24) is 4.57 Å². The Bertz CT molecular complexity index is 1030. The molecule has 0 amide bonds. The van der Waals surface area contributed by atoms with E-state index in [0.29, 0.717) is 5.56 Å². The molecular weight excluding hydrogens is 356 g/mol. The predicted molar refractivity (Wildman–Crippen MR) is 112 cm³/mol. The molecule has 2 aromatic carbocycles. The molecule has 0 fully saturated rings. The van der Waals surface area contributed by atoms with Crippen molar-refractivity contribution in [3.63, 3.8) is 0 Å². The van der Waals surface area contributed by atoms with Crippen molar-refractivity contribution in [2.75, 3.05) is 7.11 Å². The van der Waals surface area contributed by atoms with Crippen molar-refractivity contribution in [1.29, 1.82) is 0 Å². The van der Waals surface area contributed by atoms with Crippen LogP contribution in [-0.4, -0.2) is 23.9 Å². The lowest BCUT2D eigenvalue weighted by molar-refractivity contribution is 0.0600. The van der Waals surface area contributed by atoms with Crippen LogP contribution in [0.5, 0.6) is 0 Å². The number of aliphatic imine (C=N–C) groups is 1. The van der Waals surface area contributed by atoms with Gasteiger partial charge in [0, 0.05) is 33.7 Å². The third-order valence-corrected chi connectivity index (χ3v) is 4.93. The summed E-state index contributed by atoms with van der Waals surface area (Å²) in [6.45, 7) is 6.12. The lowest BCUT2D eigenvalue weighted by Crippen LogP contribution is -2.06. The van der Waals surface area contributed by atoms with Crippen LogP contribution in [0.4, 0.5) is 5.69 Å². The molecule has 0 atom stereocenters. The Morgan fingerprint density at radius 1 is 1.11 bits per heavy atom. The molecule has 0 saturated carbocycles. The first-order chi connectivity index (χ1) is 12.9. The first-order valence-corrected chi connectivity index (χ1v) is 9.07. The van der Waals surface area contributed by atoms with E-state index in [9.17, 15) is 4.79 Å². The molecule has 3 aromatic rings. The van der Waals surface area contributed by atoms with E-state index < -0.39 is 0 Å². The van der Waals surface area contributed by atoms with Gasteiger partial charge in [0.25, 0.3) is 0 Å². The Hall–Kier alpha value is -2.79. The summed E-state index contributed by atoms with van der Waals surface area (Å²) in [5.41, 5.74) is 6.65. The van der Waals surface area contributed by atoms with Gasteiger partial charge in [0.2, 0.25) is 0 Å². The second-order valence-electron chi connectivity index (χ2n) is 6.40. The Kier molecular flexibility index (Phi) is 5.51. The van der Waals surface area contributed by atoms with Gasteiger partial charge in [-0.05, 0) is 62.7 Å². The maximum Gasteiger partial charge on any atom is 0.337 e. The van der Waals surface area contributed by atoms with Crippen LogP contribution in [0.3, 0.4) is 0 Å². The maximum absolute atomic E-state index is 11.7. The molecule has 5 heteroatoms. The summed E-state index contributed by atoms with van der Waals surface area (Å²) in [6.07, 6.45) is 1.87. The van der Waals surface area contributed by atoms with Gasteiger partial charge in [-0.3, -0.25) is 4.99 Å². The lowest BCUT2D eigenvalue weighted by Gasteiger charge is -2.13. The number of rotatable bonds is 4. The van der Waals surface area contributed by atoms with Gasteiger partial charge in [0.05, 0.1) is 18.4 Å². The molecule has 27 heavy (non-hydrogen) atoms. The molecule has 0 spiro atoms. The monoisotopic (exact) mass is 378 g/mol. The van der Waals surface area contributed by atoms with E-state index >= 15 is 0 Å². The SMILES string of the molecule is COC(=O)c1ccc(-n2c(C)cc(C=Nc3ccccc3S)c2C)c(C)c1. The van der Waals surface area contributed by atoms with Crippen LogP contribution >= 0.6 is 12.6 Å². The number of aryl methyl sites for hydroxylation is 2. The molecule has 4 nitrogen and oxygen atoms in total. The number of para-hydroxylation sites is 1. The highest BCUT2D eigenvalue weighted by Crippen LogP contribution is 2.25. The molecule has 0 aliphatic rings. The molecule has 138 valence electrons. The summed E-state index contributed by atoms with van der Waals surface area (Å²) in [5.74, 6) is -0.330. The van der Waals surface area contributed by atoms with Crippen LogP contribution in [0.15, 0.2) is 58.4 Å². The number of esters is 1. The maximum atomic E-state index is 11.7. The van der Waals surface area contributed by atoms with Gasteiger partial charge < -0.3 is 9.30 Å². The summed E-state index contributed by atoms with van der Waals surface area (Å²) >= 11 is 4.44. The highest BCUT2D eigenvalue weighted by atomic mass is 32.1. The van der Waals surface area contributed by atoms with Crippen molar-refractivity contribution in [3.8, 4) is 5.69 Å². The standard InChI is InChI=1S/C22H22N2O2S/c1-14-11-17(22(25)26-4)9-10-20(14)24-15(2)12-18(16(24)3)13-23-19-7-5-6-8-21(19)27/h5-13,27H,1-4H3. The zero-order chi connectivity index (χ0) is 19.6. The molecule has 1 heterocycles. The minimum Gasteiger partial charge on any atom is -0.465 e. The summed E-state index contributed by atoms with van der Waals surface area (Å²) in [4.78, 5) is 17.2. The fourth-order valence-electron chi connectivity index (χ4n) is 3.15.